The summed E-state index contributed by atoms with van der Waals surface area (Å²) in [7, 11) is 0. The first-order valence-electron chi connectivity index (χ1n) is 6.27. The van der Waals surface area contributed by atoms with Crippen molar-refractivity contribution in [3.05, 3.63) is 34.7 Å². The Kier molecular flexibility index (Phi) is 4.94. The van der Waals surface area contributed by atoms with Crippen molar-refractivity contribution in [2.75, 3.05) is 13.1 Å². The van der Waals surface area contributed by atoms with Gasteiger partial charge < -0.3 is 9.88 Å². The van der Waals surface area contributed by atoms with Crippen molar-refractivity contribution < 1.29 is 0 Å². The van der Waals surface area contributed by atoms with Gasteiger partial charge in [0.25, 0.3) is 5.56 Å². The van der Waals surface area contributed by atoms with E-state index in [1.54, 1.807) is 16.7 Å². The highest BCUT2D eigenvalue weighted by Crippen LogP contribution is 2.24. The number of hydrogen-bond acceptors (Lipinski definition) is 2. The van der Waals surface area contributed by atoms with Gasteiger partial charge in [-0.3, -0.25) is 4.79 Å². The fourth-order valence-electron chi connectivity index (χ4n) is 1.47. The van der Waals surface area contributed by atoms with Crippen LogP contribution in [-0.4, -0.2) is 17.7 Å². The second-order valence-electron chi connectivity index (χ2n) is 5.70. The number of nitrogens with one attached hydrogen (secondary N) is 1. The van der Waals surface area contributed by atoms with E-state index in [9.17, 15) is 4.79 Å². The maximum atomic E-state index is 11.4. The van der Waals surface area contributed by atoms with Crippen molar-refractivity contribution in [2.24, 2.45) is 11.3 Å². The van der Waals surface area contributed by atoms with Gasteiger partial charge in [0.2, 0.25) is 0 Å². The zero-order valence-corrected chi connectivity index (χ0v) is 11.4. The molecule has 1 N–H and O–H groups in total. The summed E-state index contributed by atoms with van der Waals surface area (Å²) in [6.07, 6.45) is 1.83. The van der Waals surface area contributed by atoms with Crippen LogP contribution in [0.3, 0.4) is 0 Å². The quantitative estimate of drug-likeness (QED) is 0.795. The molecule has 0 saturated heterocycles. The third-order valence-electron chi connectivity index (χ3n) is 3.36. The third kappa shape index (κ3) is 4.73. The van der Waals surface area contributed by atoms with Gasteiger partial charge in [-0.25, -0.2) is 0 Å². The predicted molar refractivity (Wildman–Crippen MR) is 72.2 cm³/mol. The number of rotatable bonds is 5. The Balaban J connectivity index is 2.30. The molecule has 1 aromatic heterocycles. The van der Waals surface area contributed by atoms with Gasteiger partial charge in [-0.05, 0) is 23.9 Å². The normalized spacial score (nSPS) is 13.6. The van der Waals surface area contributed by atoms with Crippen molar-refractivity contribution in [3.8, 4) is 0 Å². The molecule has 1 heterocycles. The summed E-state index contributed by atoms with van der Waals surface area (Å²) in [5.74, 6) is 0.620. The highest BCUT2D eigenvalue weighted by Gasteiger charge is 2.18. The Morgan fingerprint density at radius 1 is 1.35 bits per heavy atom. The molecule has 0 aromatic carbocycles. The van der Waals surface area contributed by atoms with Gasteiger partial charge in [-0.2, -0.15) is 0 Å². The number of aromatic nitrogens is 1. The fourth-order valence-corrected chi connectivity index (χ4v) is 1.47. The molecule has 96 valence electrons. The average molecular weight is 236 g/mol. The second-order valence-corrected chi connectivity index (χ2v) is 5.70. The largest absolute Gasteiger partial charge is 0.315 e. The summed E-state index contributed by atoms with van der Waals surface area (Å²) in [5.41, 5.74) is 0.398. The Morgan fingerprint density at radius 2 is 2.06 bits per heavy atom. The van der Waals surface area contributed by atoms with E-state index in [0.29, 0.717) is 11.3 Å². The highest BCUT2D eigenvalue weighted by atomic mass is 16.1. The lowest BCUT2D eigenvalue weighted by atomic mass is 9.82. The standard InChI is InChI=1S/C14H24N2O/c1-12(14(2,3)4)11-15-8-10-16-9-6-5-7-13(16)17/h5-7,9,12,15H,8,10-11H2,1-4H3. The topological polar surface area (TPSA) is 34.0 Å². The van der Waals surface area contributed by atoms with Crippen LogP contribution in [0, 0.1) is 11.3 Å². The molecular weight excluding hydrogens is 212 g/mol. The molecule has 3 heteroatoms. The van der Waals surface area contributed by atoms with E-state index < -0.39 is 0 Å². The van der Waals surface area contributed by atoms with E-state index in [2.05, 4.69) is 33.0 Å². The lowest BCUT2D eigenvalue weighted by Gasteiger charge is -2.27. The summed E-state index contributed by atoms with van der Waals surface area (Å²) in [6.45, 7) is 11.6. The highest BCUT2D eigenvalue weighted by molar-refractivity contribution is 4.93. The molecular formula is C14H24N2O. The van der Waals surface area contributed by atoms with Crippen LogP contribution in [0.5, 0.6) is 0 Å². The van der Waals surface area contributed by atoms with Crippen LogP contribution in [0.25, 0.3) is 0 Å². The summed E-state index contributed by atoms with van der Waals surface area (Å²) in [6, 6.07) is 5.25. The molecule has 0 saturated carbocycles. The van der Waals surface area contributed by atoms with E-state index in [1.807, 2.05) is 12.3 Å². The van der Waals surface area contributed by atoms with Gasteiger partial charge >= 0.3 is 0 Å². The van der Waals surface area contributed by atoms with Gasteiger partial charge in [0, 0.05) is 25.4 Å². The summed E-state index contributed by atoms with van der Waals surface area (Å²) < 4.78 is 1.73. The van der Waals surface area contributed by atoms with E-state index >= 15 is 0 Å². The monoisotopic (exact) mass is 236 g/mol. The first-order valence-corrected chi connectivity index (χ1v) is 6.27. The molecule has 0 aliphatic heterocycles. The van der Waals surface area contributed by atoms with Gasteiger partial charge in [0.1, 0.15) is 0 Å². The number of hydrogen-bond donors (Lipinski definition) is 1. The van der Waals surface area contributed by atoms with Crippen molar-refractivity contribution in [2.45, 2.75) is 34.2 Å². The van der Waals surface area contributed by atoms with Gasteiger partial charge in [-0.15, -0.1) is 0 Å². The first-order chi connectivity index (χ1) is 7.91. The second kappa shape index (κ2) is 6.01. The summed E-state index contributed by atoms with van der Waals surface area (Å²) in [4.78, 5) is 11.4. The molecule has 0 fully saturated rings. The fraction of sp³-hybridized carbons (Fsp3) is 0.643. The minimum absolute atomic E-state index is 0.0677. The molecule has 3 nitrogen and oxygen atoms in total. The van der Waals surface area contributed by atoms with Crippen molar-refractivity contribution in [3.63, 3.8) is 0 Å². The number of pyridine rings is 1. The minimum Gasteiger partial charge on any atom is -0.315 e. The Bertz CT molecular complexity index is 390. The Labute approximate surface area is 104 Å². The molecule has 17 heavy (non-hydrogen) atoms. The van der Waals surface area contributed by atoms with E-state index in [1.165, 1.54) is 0 Å². The van der Waals surface area contributed by atoms with Crippen molar-refractivity contribution in [1.29, 1.82) is 0 Å². The maximum absolute atomic E-state index is 11.4. The van der Waals surface area contributed by atoms with Crippen LogP contribution in [0.15, 0.2) is 29.2 Å². The smallest absolute Gasteiger partial charge is 0.250 e. The predicted octanol–water partition coefficient (Wildman–Crippen LogP) is 2.12. The van der Waals surface area contributed by atoms with Crippen LogP contribution < -0.4 is 10.9 Å². The zero-order valence-electron chi connectivity index (χ0n) is 11.4. The lowest BCUT2D eigenvalue weighted by molar-refractivity contribution is 0.252. The summed E-state index contributed by atoms with van der Waals surface area (Å²) >= 11 is 0. The Hall–Kier alpha value is -1.09. The Morgan fingerprint density at radius 3 is 2.65 bits per heavy atom. The van der Waals surface area contributed by atoms with Crippen molar-refractivity contribution >= 4 is 0 Å². The van der Waals surface area contributed by atoms with E-state index in [-0.39, 0.29) is 5.56 Å². The zero-order chi connectivity index (χ0) is 12.9. The third-order valence-corrected chi connectivity index (χ3v) is 3.36. The molecule has 0 radical (unpaired) electrons. The maximum Gasteiger partial charge on any atom is 0.250 e. The van der Waals surface area contributed by atoms with Gasteiger partial charge in [0.15, 0.2) is 0 Å². The molecule has 1 rings (SSSR count). The molecule has 0 bridgehead atoms. The number of nitrogens with zero attached hydrogens (tertiary/aromatic N) is 1. The average Bonchev–Trinajstić information content (AvgIpc) is 2.25. The molecule has 1 atom stereocenters. The van der Waals surface area contributed by atoms with E-state index in [0.717, 1.165) is 19.6 Å². The van der Waals surface area contributed by atoms with Crippen LogP contribution in [0.1, 0.15) is 27.7 Å². The SMILES string of the molecule is CC(CNCCn1ccccc1=O)C(C)(C)C. The van der Waals surface area contributed by atoms with E-state index in [4.69, 9.17) is 0 Å². The van der Waals surface area contributed by atoms with Crippen LogP contribution >= 0.6 is 0 Å². The molecule has 1 aromatic rings. The molecule has 0 amide bonds. The van der Waals surface area contributed by atoms with Gasteiger partial charge in [0.05, 0.1) is 0 Å². The first kappa shape index (κ1) is 14.0. The van der Waals surface area contributed by atoms with Crippen LogP contribution in [0.2, 0.25) is 0 Å². The summed E-state index contributed by atoms with van der Waals surface area (Å²) in [5, 5.41) is 3.41. The molecule has 1 unspecified atom stereocenters. The van der Waals surface area contributed by atoms with Crippen LogP contribution in [0.4, 0.5) is 0 Å². The molecule has 0 spiro atoms. The molecule has 0 aliphatic carbocycles. The minimum atomic E-state index is 0.0677. The van der Waals surface area contributed by atoms with Crippen LogP contribution in [-0.2, 0) is 6.54 Å². The van der Waals surface area contributed by atoms with Crippen molar-refractivity contribution in [1.82, 2.24) is 9.88 Å². The molecule has 0 aliphatic rings. The lowest BCUT2D eigenvalue weighted by Crippen LogP contribution is -2.33. The van der Waals surface area contributed by atoms with Gasteiger partial charge in [-0.1, -0.05) is 33.8 Å².